The van der Waals surface area contributed by atoms with Crippen LogP contribution in [0.2, 0.25) is 0 Å². The normalized spacial score (nSPS) is 13.4. The molecule has 0 aromatic heterocycles. The maximum absolute atomic E-state index is 12.2. The quantitative estimate of drug-likeness (QED) is 0.698. The lowest BCUT2D eigenvalue weighted by molar-refractivity contribution is -0.130. The lowest BCUT2D eigenvalue weighted by atomic mass is 10.2. The molecular formula is C17H26N2O5S. The third-order valence-electron chi connectivity index (χ3n) is 4.08. The molecule has 0 spiro atoms. The Bertz CT molecular complexity index is 701. The SMILES string of the molecule is CCN(CC)C(=O)CCCN(c1ccc2c(c1)OCCO2)S(C)(=O)=O. The number of rotatable bonds is 8. The fourth-order valence-electron chi connectivity index (χ4n) is 2.78. The number of sulfonamides is 1. The molecule has 1 amide bonds. The van der Waals surface area contributed by atoms with Crippen LogP contribution >= 0.6 is 0 Å². The molecule has 1 aromatic rings. The lowest BCUT2D eigenvalue weighted by Crippen LogP contribution is -2.33. The van der Waals surface area contributed by atoms with Crippen molar-refractivity contribution in [2.75, 3.05) is 43.4 Å². The number of carbonyl (C=O) groups excluding carboxylic acids is 1. The molecule has 0 N–H and O–H groups in total. The molecule has 140 valence electrons. The molecule has 0 atom stereocenters. The number of fused-ring (bicyclic) bond motifs is 1. The number of amides is 1. The first-order valence-electron chi connectivity index (χ1n) is 8.52. The van der Waals surface area contributed by atoms with Gasteiger partial charge in [0, 0.05) is 32.1 Å². The van der Waals surface area contributed by atoms with Crippen molar-refractivity contribution in [1.29, 1.82) is 0 Å². The van der Waals surface area contributed by atoms with Crippen molar-refractivity contribution < 1.29 is 22.7 Å². The minimum Gasteiger partial charge on any atom is -0.486 e. The number of nitrogens with zero attached hydrogens (tertiary/aromatic N) is 2. The Kier molecular flexibility index (Phi) is 6.52. The van der Waals surface area contributed by atoms with Crippen LogP contribution in [-0.4, -0.2) is 58.3 Å². The van der Waals surface area contributed by atoms with Gasteiger partial charge in [-0.2, -0.15) is 0 Å². The number of carbonyl (C=O) groups is 1. The van der Waals surface area contributed by atoms with Gasteiger partial charge in [-0.15, -0.1) is 0 Å². The Balaban J connectivity index is 2.09. The predicted molar refractivity (Wildman–Crippen MR) is 96.8 cm³/mol. The number of benzene rings is 1. The first kappa shape index (κ1) is 19.4. The van der Waals surface area contributed by atoms with Gasteiger partial charge >= 0.3 is 0 Å². The summed E-state index contributed by atoms with van der Waals surface area (Å²) in [5, 5.41) is 0. The van der Waals surface area contributed by atoms with Crippen molar-refractivity contribution in [2.24, 2.45) is 0 Å². The second-order valence-electron chi connectivity index (χ2n) is 5.83. The Morgan fingerprint density at radius 2 is 1.76 bits per heavy atom. The molecule has 25 heavy (non-hydrogen) atoms. The summed E-state index contributed by atoms with van der Waals surface area (Å²) in [4.78, 5) is 13.8. The van der Waals surface area contributed by atoms with Crippen molar-refractivity contribution in [3.05, 3.63) is 18.2 Å². The molecule has 0 saturated carbocycles. The van der Waals surface area contributed by atoms with Crippen LogP contribution in [0.25, 0.3) is 0 Å². The summed E-state index contributed by atoms with van der Waals surface area (Å²) in [7, 11) is -3.46. The molecule has 1 aromatic carbocycles. The van der Waals surface area contributed by atoms with E-state index >= 15 is 0 Å². The highest BCUT2D eigenvalue weighted by atomic mass is 32.2. The molecule has 0 aliphatic carbocycles. The second-order valence-corrected chi connectivity index (χ2v) is 7.74. The van der Waals surface area contributed by atoms with Crippen molar-refractivity contribution in [3.63, 3.8) is 0 Å². The topological polar surface area (TPSA) is 76.2 Å². The molecule has 1 aliphatic heterocycles. The fraction of sp³-hybridized carbons (Fsp3) is 0.588. The van der Waals surface area contributed by atoms with Gasteiger partial charge in [0.1, 0.15) is 13.2 Å². The van der Waals surface area contributed by atoms with E-state index in [1.807, 2.05) is 13.8 Å². The molecule has 1 heterocycles. The van der Waals surface area contributed by atoms with Gasteiger partial charge in [-0.1, -0.05) is 0 Å². The number of ether oxygens (including phenoxy) is 2. The Morgan fingerprint density at radius 3 is 2.36 bits per heavy atom. The number of hydrogen-bond donors (Lipinski definition) is 0. The molecule has 7 nitrogen and oxygen atoms in total. The summed E-state index contributed by atoms with van der Waals surface area (Å²) in [5.41, 5.74) is 0.516. The van der Waals surface area contributed by atoms with Crippen LogP contribution in [0, 0.1) is 0 Å². The smallest absolute Gasteiger partial charge is 0.232 e. The van der Waals surface area contributed by atoms with Gasteiger partial charge in [0.25, 0.3) is 0 Å². The van der Waals surface area contributed by atoms with E-state index < -0.39 is 10.0 Å². The second kappa shape index (κ2) is 8.42. The highest BCUT2D eigenvalue weighted by molar-refractivity contribution is 7.92. The zero-order valence-corrected chi connectivity index (χ0v) is 15.8. The third kappa shape index (κ3) is 5.01. The van der Waals surface area contributed by atoms with E-state index in [-0.39, 0.29) is 12.5 Å². The summed E-state index contributed by atoms with van der Waals surface area (Å²) in [6.07, 6.45) is 1.94. The molecule has 0 bridgehead atoms. The Hall–Kier alpha value is -1.96. The minimum atomic E-state index is -3.46. The molecule has 8 heteroatoms. The van der Waals surface area contributed by atoms with Crippen molar-refractivity contribution in [3.8, 4) is 11.5 Å². The highest BCUT2D eigenvalue weighted by Gasteiger charge is 2.21. The van der Waals surface area contributed by atoms with E-state index in [1.54, 1.807) is 23.1 Å². The van der Waals surface area contributed by atoms with Crippen molar-refractivity contribution in [1.82, 2.24) is 4.90 Å². The van der Waals surface area contributed by atoms with Gasteiger partial charge in [-0.05, 0) is 32.4 Å². The lowest BCUT2D eigenvalue weighted by Gasteiger charge is -2.25. The van der Waals surface area contributed by atoms with E-state index in [1.165, 1.54) is 4.31 Å². The average Bonchev–Trinajstić information content (AvgIpc) is 2.58. The standard InChI is InChI=1S/C17H26N2O5S/c1-4-18(5-2)17(20)7-6-10-19(25(3,21)22)14-8-9-15-16(13-14)24-12-11-23-15/h8-9,13H,4-7,10-12H2,1-3H3. The minimum absolute atomic E-state index is 0.0422. The van der Waals surface area contributed by atoms with E-state index in [4.69, 9.17) is 9.47 Å². The van der Waals surface area contributed by atoms with E-state index in [0.29, 0.717) is 56.3 Å². The molecule has 0 radical (unpaired) electrons. The van der Waals surface area contributed by atoms with Gasteiger partial charge < -0.3 is 14.4 Å². The van der Waals surface area contributed by atoms with Gasteiger partial charge in [-0.3, -0.25) is 9.10 Å². The summed E-state index contributed by atoms with van der Waals surface area (Å²) < 4.78 is 36.7. The van der Waals surface area contributed by atoms with Crippen LogP contribution in [0.15, 0.2) is 18.2 Å². The van der Waals surface area contributed by atoms with E-state index in [2.05, 4.69) is 0 Å². The van der Waals surface area contributed by atoms with Crippen LogP contribution in [0.4, 0.5) is 5.69 Å². The largest absolute Gasteiger partial charge is 0.486 e. The van der Waals surface area contributed by atoms with Crippen LogP contribution in [0.1, 0.15) is 26.7 Å². The van der Waals surface area contributed by atoms with Crippen LogP contribution in [0.5, 0.6) is 11.5 Å². The Labute approximate surface area is 149 Å². The first-order valence-corrected chi connectivity index (χ1v) is 10.4. The molecule has 0 saturated heterocycles. The van der Waals surface area contributed by atoms with Gasteiger partial charge in [-0.25, -0.2) is 8.42 Å². The number of hydrogen-bond acceptors (Lipinski definition) is 5. The van der Waals surface area contributed by atoms with Crippen LogP contribution < -0.4 is 13.8 Å². The zero-order chi connectivity index (χ0) is 18.4. The maximum Gasteiger partial charge on any atom is 0.232 e. The Morgan fingerprint density at radius 1 is 1.12 bits per heavy atom. The van der Waals surface area contributed by atoms with Crippen LogP contribution in [0.3, 0.4) is 0 Å². The zero-order valence-electron chi connectivity index (χ0n) is 15.0. The summed E-state index contributed by atoms with van der Waals surface area (Å²) >= 11 is 0. The molecule has 0 unspecified atom stereocenters. The summed E-state index contributed by atoms with van der Waals surface area (Å²) in [6, 6.07) is 5.07. The molecule has 1 aliphatic rings. The third-order valence-corrected chi connectivity index (χ3v) is 5.28. The van der Waals surface area contributed by atoms with Gasteiger partial charge in [0.15, 0.2) is 11.5 Å². The van der Waals surface area contributed by atoms with E-state index in [9.17, 15) is 13.2 Å². The maximum atomic E-state index is 12.2. The van der Waals surface area contributed by atoms with Crippen molar-refractivity contribution >= 4 is 21.6 Å². The first-order chi connectivity index (χ1) is 11.9. The predicted octanol–water partition coefficient (Wildman–Crippen LogP) is 1.87. The molecule has 2 rings (SSSR count). The monoisotopic (exact) mass is 370 g/mol. The fourth-order valence-corrected chi connectivity index (χ4v) is 3.74. The average molecular weight is 370 g/mol. The number of anilines is 1. The van der Waals surface area contributed by atoms with Gasteiger partial charge in [0.05, 0.1) is 11.9 Å². The van der Waals surface area contributed by atoms with E-state index in [0.717, 1.165) is 6.26 Å². The summed E-state index contributed by atoms with van der Waals surface area (Å²) in [5.74, 6) is 1.19. The van der Waals surface area contributed by atoms with Gasteiger partial charge in [0.2, 0.25) is 15.9 Å². The van der Waals surface area contributed by atoms with Crippen molar-refractivity contribution in [2.45, 2.75) is 26.7 Å². The van der Waals surface area contributed by atoms with Crippen LogP contribution in [-0.2, 0) is 14.8 Å². The highest BCUT2D eigenvalue weighted by Crippen LogP contribution is 2.34. The summed E-state index contributed by atoms with van der Waals surface area (Å²) in [6.45, 7) is 6.34. The molecular weight excluding hydrogens is 344 g/mol. The molecule has 0 fully saturated rings.